The second kappa shape index (κ2) is 7.51. The summed E-state index contributed by atoms with van der Waals surface area (Å²) < 4.78 is 10.4. The molecule has 0 spiro atoms. The van der Waals surface area contributed by atoms with E-state index in [0.29, 0.717) is 18.6 Å². The summed E-state index contributed by atoms with van der Waals surface area (Å²) in [7, 11) is 1.56. The zero-order valence-electron chi connectivity index (χ0n) is 14.1. The molecule has 1 heterocycles. The Hall–Kier alpha value is -2.63. The van der Waals surface area contributed by atoms with Gasteiger partial charge in [0.05, 0.1) is 25.4 Å². The lowest BCUT2D eigenvalue weighted by molar-refractivity contribution is -0.146. The molecule has 0 aromatic heterocycles. The van der Waals surface area contributed by atoms with E-state index in [1.54, 1.807) is 13.2 Å². The fourth-order valence-electron chi connectivity index (χ4n) is 3.35. The van der Waals surface area contributed by atoms with Crippen LogP contribution in [0.1, 0.15) is 24.8 Å². The van der Waals surface area contributed by atoms with E-state index >= 15 is 0 Å². The van der Waals surface area contributed by atoms with Crippen LogP contribution in [0.2, 0.25) is 0 Å². The van der Waals surface area contributed by atoms with Crippen LogP contribution in [0.5, 0.6) is 5.75 Å². The van der Waals surface area contributed by atoms with E-state index in [9.17, 15) is 14.4 Å². The third-order valence-electron chi connectivity index (χ3n) is 4.72. The zero-order valence-corrected chi connectivity index (χ0v) is 14.1. The van der Waals surface area contributed by atoms with E-state index in [2.05, 4.69) is 0 Å². The van der Waals surface area contributed by atoms with Crippen LogP contribution in [-0.4, -0.2) is 36.3 Å². The third-order valence-corrected chi connectivity index (χ3v) is 4.72. The molecule has 1 aliphatic heterocycles. The van der Waals surface area contributed by atoms with Gasteiger partial charge in [-0.05, 0) is 18.9 Å². The number of esters is 1. The topological polar surface area (TPSA) is 72.9 Å². The van der Waals surface area contributed by atoms with Gasteiger partial charge in [0.2, 0.25) is 11.8 Å². The second-order valence-corrected chi connectivity index (χ2v) is 6.21. The predicted octanol–water partition coefficient (Wildman–Crippen LogP) is 2.08. The number of imide groups is 1. The lowest BCUT2D eigenvalue weighted by Gasteiger charge is -2.14. The number of ether oxygens (including phenoxy) is 2. The molecule has 0 N–H and O–H groups in total. The van der Waals surface area contributed by atoms with Gasteiger partial charge < -0.3 is 9.47 Å². The Kier molecular flexibility index (Phi) is 5.16. The van der Waals surface area contributed by atoms with Crippen LogP contribution in [0, 0.1) is 11.8 Å². The van der Waals surface area contributed by atoms with Crippen molar-refractivity contribution in [3.8, 4) is 5.75 Å². The third kappa shape index (κ3) is 3.57. The van der Waals surface area contributed by atoms with E-state index in [-0.39, 0.29) is 43.2 Å². The Morgan fingerprint density at radius 2 is 1.76 bits per heavy atom. The molecule has 3 rings (SSSR count). The Morgan fingerprint density at radius 1 is 1.12 bits per heavy atom. The molecule has 0 saturated carbocycles. The van der Waals surface area contributed by atoms with Crippen LogP contribution in [0.4, 0.5) is 0 Å². The first kappa shape index (κ1) is 17.2. The van der Waals surface area contributed by atoms with E-state index in [1.807, 2.05) is 30.4 Å². The molecule has 2 aliphatic rings. The first-order valence-corrected chi connectivity index (χ1v) is 8.39. The number of hydrogen-bond acceptors (Lipinski definition) is 5. The molecule has 25 heavy (non-hydrogen) atoms. The van der Waals surface area contributed by atoms with Gasteiger partial charge in [0.15, 0.2) is 0 Å². The lowest BCUT2D eigenvalue weighted by Crippen LogP contribution is -2.33. The molecule has 1 aromatic carbocycles. The van der Waals surface area contributed by atoms with Gasteiger partial charge in [0.1, 0.15) is 12.4 Å². The predicted molar refractivity (Wildman–Crippen MR) is 89.5 cm³/mol. The van der Waals surface area contributed by atoms with Crippen LogP contribution < -0.4 is 4.74 Å². The van der Waals surface area contributed by atoms with Crippen LogP contribution in [0.3, 0.4) is 0 Å². The molecule has 6 nitrogen and oxygen atoms in total. The minimum Gasteiger partial charge on any atom is -0.496 e. The van der Waals surface area contributed by atoms with Crippen LogP contribution in [0.25, 0.3) is 0 Å². The van der Waals surface area contributed by atoms with Gasteiger partial charge in [-0.2, -0.15) is 0 Å². The average Bonchev–Trinajstić information content (AvgIpc) is 2.89. The fourth-order valence-corrected chi connectivity index (χ4v) is 3.35. The summed E-state index contributed by atoms with van der Waals surface area (Å²) in [5.41, 5.74) is 0.767. The van der Waals surface area contributed by atoms with Gasteiger partial charge in [-0.3, -0.25) is 19.3 Å². The van der Waals surface area contributed by atoms with Gasteiger partial charge in [-0.15, -0.1) is 0 Å². The Labute approximate surface area is 146 Å². The highest BCUT2D eigenvalue weighted by Crippen LogP contribution is 2.35. The number of amides is 2. The van der Waals surface area contributed by atoms with Crippen molar-refractivity contribution in [2.45, 2.75) is 25.9 Å². The number of carbonyl (C=O) groups excluding carboxylic acids is 3. The number of rotatable bonds is 6. The number of para-hydroxylation sites is 1. The summed E-state index contributed by atoms with van der Waals surface area (Å²) in [6.45, 7) is 0.176. The van der Waals surface area contributed by atoms with Crippen molar-refractivity contribution in [1.82, 2.24) is 4.90 Å². The normalized spacial score (nSPS) is 22.0. The largest absolute Gasteiger partial charge is 0.496 e. The first-order chi connectivity index (χ1) is 12.1. The van der Waals surface area contributed by atoms with Crippen LogP contribution in [0.15, 0.2) is 36.4 Å². The quantitative estimate of drug-likeness (QED) is 0.449. The maximum Gasteiger partial charge on any atom is 0.307 e. The maximum atomic E-state index is 12.3. The Balaban J connectivity index is 1.51. The standard InChI is InChI=1S/C19H21NO5/c1-24-16-9-5-2-6-13(16)12-25-17(21)10-11-20-18(22)14-7-3-4-8-15(14)19(20)23/h2-6,9,14-15H,7-8,10-12H2,1H3/t14-,15-/m1/s1. The number of likely N-dealkylation sites (tertiary alicyclic amines) is 1. The van der Waals surface area contributed by atoms with Crippen LogP contribution >= 0.6 is 0 Å². The zero-order chi connectivity index (χ0) is 17.8. The van der Waals surface area contributed by atoms with E-state index in [4.69, 9.17) is 9.47 Å². The number of hydrogen-bond donors (Lipinski definition) is 0. The highest BCUT2D eigenvalue weighted by molar-refractivity contribution is 6.05. The number of allylic oxidation sites excluding steroid dienone is 2. The van der Waals surface area contributed by atoms with Gasteiger partial charge in [-0.1, -0.05) is 30.4 Å². The van der Waals surface area contributed by atoms with Gasteiger partial charge in [-0.25, -0.2) is 0 Å². The molecular weight excluding hydrogens is 322 g/mol. The maximum absolute atomic E-state index is 12.3. The van der Waals surface area contributed by atoms with Crippen molar-refractivity contribution in [3.05, 3.63) is 42.0 Å². The fraction of sp³-hybridized carbons (Fsp3) is 0.421. The lowest BCUT2D eigenvalue weighted by atomic mass is 9.85. The summed E-state index contributed by atoms with van der Waals surface area (Å²) in [6.07, 6.45) is 5.09. The minimum absolute atomic E-state index is 0.000498. The molecule has 0 radical (unpaired) electrons. The molecule has 6 heteroatoms. The van der Waals surface area contributed by atoms with Crippen molar-refractivity contribution in [3.63, 3.8) is 0 Å². The molecule has 2 amide bonds. The summed E-state index contributed by atoms with van der Waals surface area (Å²) in [6, 6.07) is 7.28. The molecule has 1 aromatic rings. The molecule has 0 unspecified atom stereocenters. The SMILES string of the molecule is COc1ccccc1COC(=O)CCN1C(=O)[C@@H]2CC=CC[C@H]2C1=O. The smallest absolute Gasteiger partial charge is 0.307 e. The average molecular weight is 343 g/mol. The second-order valence-electron chi connectivity index (χ2n) is 6.21. The molecular formula is C19H21NO5. The highest BCUT2D eigenvalue weighted by atomic mass is 16.5. The van der Waals surface area contributed by atoms with Gasteiger partial charge >= 0.3 is 5.97 Å². The number of nitrogens with zero attached hydrogens (tertiary/aromatic N) is 1. The van der Waals surface area contributed by atoms with E-state index in [1.165, 1.54) is 4.90 Å². The van der Waals surface area contributed by atoms with Gasteiger partial charge in [0.25, 0.3) is 0 Å². The van der Waals surface area contributed by atoms with Crippen molar-refractivity contribution < 1.29 is 23.9 Å². The van der Waals surface area contributed by atoms with Crippen molar-refractivity contribution in [2.75, 3.05) is 13.7 Å². The molecule has 132 valence electrons. The molecule has 1 fully saturated rings. The Morgan fingerprint density at radius 3 is 2.40 bits per heavy atom. The highest BCUT2D eigenvalue weighted by Gasteiger charge is 2.46. The molecule has 1 aliphatic carbocycles. The summed E-state index contributed by atoms with van der Waals surface area (Å²) in [5, 5.41) is 0. The molecule has 2 atom stereocenters. The monoisotopic (exact) mass is 343 g/mol. The molecule has 1 saturated heterocycles. The number of benzene rings is 1. The summed E-state index contributed by atoms with van der Waals surface area (Å²) >= 11 is 0. The van der Waals surface area contributed by atoms with Crippen molar-refractivity contribution in [2.24, 2.45) is 11.8 Å². The van der Waals surface area contributed by atoms with Crippen LogP contribution in [-0.2, 0) is 25.7 Å². The number of methoxy groups -OCH3 is 1. The van der Waals surface area contributed by atoms with E-state index < -0.39 is 5.97 Å². The summed E-state index contributed by atoms with van der Waals surface area (Å²) in [5.74, 6) is -0.658. The minimum atomic E-state index is -0.445. The van der Waals surface area contributed by atoms with Gasteiger partial charge in [0, 0.05) is 12.1 Å². The number of carbonyl (C=O) groups is 3. The van der Waals surface area contributed by atoms with Crippen molar-refractivity contribution >= 4 is 17.8 Å². The molecule has 0 bridgehead atoms. The summed E-state index contributed by atoms with van der Waals surface area (Å²) in [4.78, 5) is 37.8. The van der Waals surface area contributed by atoms with E-state index in [0.717, 1.165) is 5.56 Å². The first-order valence-electron chi connectivity index (χ1n) is 8.39. The Bertz CT molecular complexity index is 686. The number of fused-ring (bicyclic) bond motifs is 1. The van der Waals surface area contributed by atoms with Crippen molar-refractivity contribution in [1.29, 1.82) is 0 Å².